The molecule has 0 saturated carbocycles. The van der Waals surface area contributed by atoms with Crippen LogP contribution in [-0.4, -0.2) is 32.3 Å². The molecule has 0 atom stereocenters. The van der Waals surface area contributed by atoms with Gasteiger partial charge in [0, 0.05) is 18.5 Å². The van der Waals surface area contributed by atoms with E-state index in [9.17, 15) is 0 Å². The summed E-state index contributed by atoms with van der Waals surface area (Å²) in [6.45, 7) is 7.47. The molecule has 0 unspecified atom stereocenters. The molecule has 3 aromatic rings. The second-order valence-electron chi connectivity index (χ2n) is 6.25. The Morgan fingerprint density at radius 2 is 2.07 bits per heavy atom. The second-order valence-corrected chi connectivity index (χ2v) is 7.28. The van der Waals surface area contributed by atoms with E-state index in [-0.39, 0.29) is 24.0 Å². The van der Waals surface area contributed by atoms with Crippen molar-refractivity contribution in [3.05, 3.63) is 51.4 Å². The lowest BCUT2D eigenvalue weighted by atomic mass is 10.3. The number of hydrogen-bond donors (Lipinski definition) is 2. The van der Waals surface area contributed by atoms with Gasteiger partial charge in [0.25, 0.3) is 0 Å². The number of guanidine groups is 1. The van der Waals surface area contributed by atoms with Crippen LogP contribution in [0.3, 0.4) is 0 Å². The van der Waals surface area contributed by atoms with E-state index in [1.54, 1.807) is 11.3 Å². The van der Waals surface area contributed by atoms with E-state index in [1.165, 1.54) is 4.88 Å². The Kier molecular flexibility index (Phi) is 8.42. The number of nitrogens with one attached hydrogen (secondary N) is 2. The summed E-state index contributed by atoms with van der Waals surface area (Å²) in [7, 11) is 1.94. The number of hydrogen-bond acceptors (Lipinski definition) is 6. The van der Waals surface area contributed by atoms with Gasteiger partial charge in [-0.15, -0.1) is 45.5 Å². The Bertz CT molecular complexity index is 882. The quantitative estimate of drug-likeness (QED) is 0.286. The Morgan fingerprint density at radius 3 is 2.68 bits per heavy atom. The van der Waals surface area contributed by atoms with Gasteiger partial charge in [-0.1, -0.05) is 6.07 Å². The Morgan fingerprint density at radius 1 is 1.25 bits per heavy atom. The highest BCUT2D eigenvalue weighted by molar-refractivity contribution is 14.0. The van der Waals surface area contributed by atoms with E-state index in [2.05, 4.69) is 48.3 Å². The molecular formula is C18H26IN7OS. The Balaban J connectivity index is 0.00000280. The molecule has 8 nitrogen and oxygen atoms in total. The maximum absolute atomic E-state index is 5.63. The van der Waals surface area contributed by atoms with Crippen molar-refractivity contribution < 1.29 is 4.42 Å². The van der Waals surface area contributed by atoms with E-state index >= 15 is 0 Å². The minimum Gasteiger partial charge on any atom is -0.444 e. The van der Waals surface area contributed by atoms with Crippen LogP contribution in [0.1, 0.15) is 33.9 Å². The lowest BCUT2D eigenvalue weighted by molar-refractivity contribution is 0.463. The summed E-state index contributed by atoms with van der Waals surface area (Å²) in [4.78, 5) is 10.4. The highest BCUT2D eigenvalue weighted by Gasteiger charge is 2.08. The number of aliphatic imine (C=N–C) groups is 1. The number of thiophene rings is 1. The van der Waals surface area contributed by atoms with Crippen molar-refractivity contribution in [2.75, 3.05) is 6.54 Å². The van der Waals surface area contributed by atoms with Crippen LogP contribution in [0.5, 0.6) is 0 Å². The van der Waals surface area contributed by atoms with Gasteiger partial charge in [-0.2, -0.15) is 0 Å². The second kappa shape index (κ2) is 10.6. The van der Waals surface area contributed by atoms with Crippen LogP contribution in [0.25, 0.3) is 0 Å². The minimum absolute atomic E-state index is 0. The lowest BCUT2D eigenvalue weighted by Crippen LogP contribution is -2.38. The van der Waals surface area contributed by atoms with Gasteiger partial charge in [-0.3, -0.25) is 0 Å². The third kappa shape index (κ3) is 6.03. The fourth-order valence-electron chi connectivity index (χ4n) is 2.45. The summed E-state index contributed by atoms with van der Waals surface area (Å²) in [5, 5.41) is 17.0. The third-order valence-electron chi connectivity index (χ3n) is 4.29. The number of nitrogens with zero attached hydrogens (tertiary/aromatic N) is 5. The minimum atomic E-state index is 0. The van der Waals surface area contributed by atoms with E-state index < -0.39 is 0 Å². The molecule has 28 heavy (non-hydrogen) atoms. The van der Waals surface area contributed by atoms with E-state index in [4.69, 9.17) is 4.42 Å². The summed E-state index contributed by atoms with van der Waals surface area (Å²) in [6, 6.07) is 4.20. The summed E-state index contributed by atoms with van der Waals surface area (Å²) in [6.07, 6.45) is 0.943. The Hall–Kier alpha value is -1.95. The van der Waals surface area contributed by atoms with E-state index in [0.717, 1.165) is 36.1 Å². The zero-order valence-electron chi connectivity index (χ0n) is 16.5. The number of aryl methyl sites for hydroxylation is 3. The number of rotatable bonds is 7. The van der Waals surface area contributed by atoms with Gasteiger partial charge in [0.15, 0.2) is 11.8 Å². The van der Waals surface area contributed by atoms with Gasteiger partial charge in [0.2, 0.25) is 5.89 Å². The molecule has 3 rings (SSSR count). The molecule has 0 amide bonds. The van der Waals surface area contributed by atoms with Crippen LogP contribution in [0, 0.1) is 20.8 Å². The van der Waals surface area contributed by atoms with Crippen LogP contribution in [0.2, 0.25) is 0 Å². The normalized spacial score (nSPS) is 11.4. The lowest BCUT2D eigenvalue weighted by Gasteiger charge is -2.11. The van der Waals surface area contributed by atoms with Crippen molar-refractivity contribution in [3.63, 3.8) is 0 Å². The monoisotopic (exact) mass is 515 g/mol. The highest BCUT2D eigenvalue weighted by atomic mass is 127. The predicted octanol–water partition coefficient (Wildman–Crippen LogP) is 2.89. The smallest absolute Gasteiger partial charge is 0.214 e. The topological polar surface area (TPSA) is 93.2 Å². The summed E-state index contributed by atoms with van der Waals surface area (Å²) < 4.78 is 7.57. The van der Waals surface area contributed by atoms with E-state index in [0.29, 0.717) is 24.9 Å². The molecule has 3 aromatic heterocycles. The number of halogens is 1. The molecule has 2 N–H and O–H groups in total. The van der Waals surface area contributed by atoms with Crippen molar-refractivity contribution in [3.8, 4) is 0 Å². The Labute approximate surface area is 185 Å². The molecule has 0 aromatic carbocycles. The number of aromatic nitrogens is 4. The maximum atomic E-state index is 5.63. The molecule has 10 heteroatoms. The van der Waals surface area contributed by atoms with Gasteiger partial charge in [0.1, 0.15) is 18.1 Å². The first-order valence-corrected chi connectivity index (χ1v) is 9.73. The molecule has 0 fully saturated rings. The standard InChI is InChI=1S/C18H25N7OS.HI/c1-12-13(2)26-17(22-12)11-21-18(19-8-7-15-6-5-9-27-15)20-10-16-24-23-14(3)25(16)4;/h5-6,9H,7-8,10-11H2,1-4H3,(H2,19,20,21);1H. The van der Waals surface area contributed by atoms with Crippen LogP contribution in [0.15, 0.2) is 26.9 Å². The summed E-state index contributed by atoms with van der Waals surface area (Å²) >= 11 is 1.76. The highest BCUT2D eigenvalue weighted by Crippen LogP contribution is 2.09. The van der Waals surface area contributed by atoms with Crippen molar-refractivity contribution in [2.45, 2.75) is 40.3 Å². The van der Waals surface area contributed by atoms with Crippen LogP contribution >= 0.6 is 35.3 Å². The molecule has 0 aliphatic heterocycles. The average Bonchev–Trinajstić information content (AvgIpc) is 3.35. The summed E-state index contributed by atoms with van der Waals surface area (Å²) in [5.41, 5.74) is 0.908. The van der Waals surface area contributed by atoms with Crippen LogP contribution in [-0.2, 0) is 26.6 Å². The zero-order chi connectivity index (χ0) is 19.2. The van der Waals surface area contributed by atoms with Gasteiger partial charge < -0.3 is 19.6 Å². The predicted molar refractivity (Wildman–Crippen MR) is 121 cm³/mol. The molecule has 0 aliphatic rings. The first-order valence-electron chi connectivity index (χ1n) is 8.85. The van der Waals surface area contributed by atoms with Gasteiger partial charge in [0.05, 0.1) is 12.2 Å². The van der Waals surface area contributed by atoms with Crippen molar-refractivity contribution >= 4 is 41.3 Å². The summed E-state index contributed by atoms with van der Waals surface area (Å²) in [5.74, 6) is 3.86. The average molecular weight is 515 g/mol. The molecule has 0 spiro atoms. The molecule has 0 aliphatic carbocycles. The fraction of sp³-hybridized carbons (Fsp3) is 0.444. The van der Waals surface area contributed by atoms with Gasteiger partial charge in [-0.05, 0) is 38.6 Å². The first kappa shape index (κ1) is 22.3. The molecular weight excluding hydrogens is 489 g/mol. The van der Waals surface area contributed by atoms with Crippen molar-refractivity contribution in [2.24, 2.45) is 12.0 Å². The van der Waals surface area contributed by atoms with Crippen LogP contribution < -0.4 is 10.6 Å². The van der Waals surface area contributed by atoms with Crippen LogP contribution in [0.4, 0.5) is 0 Å². The van der Waals surface area contributed by atoms with Crippen molar-refractivity contribution in [1.29, 1.82) is 0 Å². The molecule has 0 saturated heterocycles. The SMILES string of the molecule is Cc1nc(CNC(=NCc2nnc(C)n2C)NCCc2cccs2)oc1C.I. The molecule has 3 heterocycles. The number of oxazole rings is 1. The van der Waals surface area contributed by atoms with Gasteiger partial charge >= 0.3 is 0 Å². The zero-order valence-corrected chi connectivity index (χ0v) is 19.7. The third-order valence-corrected chi connectivity index (χ3v) is 5.22. The van der Waals surface area contributed by atoms with Crippen molar-refractivity contribution in [1.82, 2.24) is 30.4 Å². The maximum Gasteiger partial charge on any atom is 0.214 e. The van der Waals surface area contributed by atoms with E-state index in [1.807, 2.05) is 32.4 Å². The molecule has 0 radical (unpaired) electrons. The largest absolute Gasteiger partial charge is 0.444 e. The molecule has 152 valence electrons. The first-order chi connectivity index (χ1) is 13.0. The molecule has 0 bridgehead atoms. The van der Waals surface area contributed by atoms with Gasteiger partial charge in [-0.25, -0.2) is 9.98 Å². The fourth-order valence-corrected chi connectivity index (χ4v) is 3.15.